The van der Waals surface area contributed by atoms with E-state index < -0.39 is 11.9 Å². The van der Waals surface area contributed by atoms with Crippen LogP contribution in [-0.4, -0.2) is 18.5 Å². The van der Waals surface area contributed by atoms with E-state index in [4.69, 9.17) is 32.4 Å². The van der Waals surface area contributed by atoms with E-state index in [1.807, 2.05) is 13.0 Å². The molecule has 2 heterocycles. The summed E-state index contributed by atoms with van der Waals surface area (Å²) in [5, 5.41) is 13.8. The van der Waals surface area contributed by atoms with Crippen molar-refractivity contribution in [1.82, 2.24) is 0 Å². The third kappa shape index (κ3) is 5.84. The minimum absolute atomic E-state index is 0.162. The van der Waals surface area contributed by atoms with Crippen LogP contribution in [0, 0.1) is 11.3 Å². The maximum absolute atomic E-state index is 13.0. The van der Waals surface area contributed by atoms with Crippen molar-refractivity contribution in [3.8, 4) is 17.4 Å². The van der Waals surface area contributed by atoms with E-state index in [1.54, 1.807) is 30.3 Å². The lowest BCUT2D eigenvalue weighted by Gasteiger charge is -2.12. The van der Waals surface area contributed by atoms with Crippen LogP contribution < -0.4 is 5.32 Å². The smallest absolute Gasteiger partial charge is 0.341 e. The monoisotopic (exact) mass is 542 g/mol. The SMILES string of the molecule is CCCCOC(=O)c1c(NC(=O)C(C#N)=Cc2ccc(-c3cc(Cl)ccc3Cl)o2)sc2c1CCCC2. The molecule has 36 heavy (non-hydrogen) atoms. The molecule has 4 rings (SSSR count). The Labute approximate surface area is 223 Å². The minimum Gasteiger partial charge on any atom is -0.462 e. The van der Waals surface area contributed by atoms with E-state index in [2.05, 4.69) is 5.32 Å². The molecule has 6 nitrogen and oxygen atoms in total. The summed E-state index contributed by atoms with van der Waals surface area (Å²) in [4.78, 5) is 27.0. The van der Waals surface area contributed by atoms with Crippen LogP contribution in [0.25, 0.3) is 17.4 Å². The molecule has 3 aromatic rings. The number of fused-ring (bicyclic) bond motifs is 1. The molecule has 1 aliphatic rings. The summed E-state index contributed by atoms with van der Waals surface area (Å²) >= 11 is 13.7. The molecule has 1 N–H and O–H groups in total. The topological polar surface area (TPSA) is 92.3 Å². The van der Waals surface area contributed by atoms with Gasteiger partial charge < -0.3 is 14.5 Å². The number of furan rings is 1. The Bertz CT molecular complexity index is 1370. The number of amides is 1. The number of unbranched alkanes of at least 4 members (excludes halogenated alkanes) is 1. The summed E-state index contributed by atoms with van der Waals surface area (Å²) in [6.07, 6.45) is 6.66. The second kappa shape index (κ2) is 11.8. The lowest BCUT2D eigenvalue weighted by atomic mass is 9.95. The number of hydrogen-bond acceptors (Lipinski definition) is 6. The van der Waals surface area contributed by atoms with Crippen LogP contribution in [0.2, 0.25) is 10.0 Å². The van der Waals surface area contributed by atoms with Gasteiger partial charge in [-0.3, -0.25) is 4.79 Å². The molecule has 0 fully saturated rings. The molecule has 0 atom stereocenters. The first-order valence-corrected chi connectivity index (χ1v) is 13.3. The number of anilines is 1. The Hall–Kier alpha value is -3.05. The Kier molecular flexibility index (Phi) is 8.52. The third-order valence-electron chi connectivity index (χ3n) is 5.81. The summed E-state index contributed by atoms with van der Waals surface area (Å²) < 4.78 is 11.3. The average molecular weight is 543 g/mol. The lowest BCUT2D eigenvalue weighted by molar-refractivity contribution is -0.112. The largest absolute Gasteiger partial charge is 0.462 e. The fraction of sp³-hybridized carbons (Fsp3) is 0.296. The molecule has 186 valence electrons. The number of benzene rings is 1. The van der Waals surface area contributed by atoms with E-state index in [0.29, 0.717) is 44.3 Å². The zero-order valence-electron chi connectivity index (χ0n) is 19.7. The molecule has 0 saturated heterocycles. The number of esters is 1. The highest BCUT2D eigenvalue weighted by atomic mass is 35.5. The number of nitrogens with zero attached hydrogens (tertiary/aromatic N) is 1. The quantitative estimate of drug-likeness (QED) is 0.136. The van der Waals surface area contributed by atoms with Crippen molar-refractivity contribution in [1.29, 1.82) is 5.26 Å². The van der Waals surface area contributed by atoms with Crippen LogP contribution in [0.3, 0.4) is 0 Å². The maximum atomic E-state index is 13.0. The van der Waals surface area contributed by atoms with E-state index in [-0.39, 0.29) is 5.57 Å². The van der Waals surface area contributed by atoms with E-state index in [9.17, 15) is 14.9 Å². The number of carbonyl (C=O) groups excluding carboxylic acids is 2. The van der Waals surface area contributed by atoms with Gasteiger partial charge in [-0.25, -0.2) is 4.79 Å². The normalized spacial score (nSPS) is 13.1. The Morgan fingerprint density at radius 1 is 1.22 bits per heavy atom. The first-order valence-electron chi connectivity index (χ1n) is 11.7. The Morgan fingerprint density at radius 2 is 2.03 bits per heavy atom. The van der Waals surface area contributed by atoms with E-state index >= 15 is 0 Å². The van der Waals surface area contributed by atoms with Crippen LogP contribution in [0.1, 0.15) is 59.2 Å². The standard InChI is InChI=1S/C27H24Cl2N2O4S/c1-2-3-12-34-27(33)24-19-6-4-5-7-23(19)36-26(24)31-25(32)16(15-30)13-18-9-11-22(35-18)20-14-17(28)8-10-21(20)29/h8-11,13-14H,2-7,12H2,1H3,(H,31,32). The molecule has 0 bridgehead atoms. The molecule has 0 spiro atoms. The number of rotatable bonds is 8. The number of carbonyl (C=O) groups is 2. The van der Waals surface area contributed by atoms with Crippen LogP contribution in [0.4, 0.5) is 5.00 Å². The van der Waals surface area contributed by atoms with Gasteiger partial charge in [0, 0.05) is 21.5 Å². The number of halogens is 2. The van der Waals surface area contributed by atoms with Gasteiger partial charge in [0.25, 0.3) is 5.91 Å². The van der Waals surface area contributed by atoms with E-state index in [0.717, 1.165) is 49.0 Å². The number of thiophene rings is 1. The predicted octanol–water partition coefficient (Wildman–Crippen LogP) is 7.70. The Morgan fingerprint density at radius 3 is 2.81 bits per heavy atom. The highest BCUT2D eigenvalue weighted by Gasteiger charge is 2.28. The second-order valence-corrected chi connectivity index (χ2v) is 10.3. The van der Waals surface area contributed by atoms with Gasteiger partial charge in [0.15, 0.2) is 0 Å². The van der Waals surface area contributed by atoms with Gasteiger partial charge in [-0.2, -0.15) is 5.26 Å². The molecule has 0 radical (unpaired) electrons. The predicted molar refractivity (Wildman–Crippen MR) is 143 cm³/mol. The number of hydrogen-bond donors (Lipinski definition) is 1. The van der Waals surface area contributed by atoms with Gasteiger partial charge in [0.1, 0.15) is 28.2 Å². The molecule has 1 amide bonds. The van der Waals surface area contributed by atoms with E-state index in [1.165, 1.54) is 17.4 Å². The first kappa shape index (κ1) is 26.0. The first-order chi connectivity index (χ1) is 17.4. The molecule has 9 heteroatoms. The molecule has 1 aliphatic carbocycles. The summed E-state index contributed by atoms with van der Waals surface area (Å²) in [5.41, 5.74) is 1.79. The van der Waals surface area contributed by atoms with Gasteiger partial charge in [0.05, 0.1) is 17.2 Å². The van der Waals surface area contributed by atoms with Crippen molar-refractivity contribution in [2.75, 3.05) is 11.9 Å². The highest BCUT2D eigenvalue weighted by Crippen LogP contribution is 2.39. The Balaban J connectivity index is 1.58. The molecule has 2 aromatic heterocycles. The second-order valence-electron chi connectivity index (χ2n) is 8.35. The van der Waals surface area contributed by atoms with Gasteiger partial charge in [-0.05, 0) is 68.0 Å². The van der Waals surface area contributed by atoms with Crippen molar-refractivity contribution in [2.45, 2.75) is 45.4 Å². The number of nitrogens with one attached hydrogen (secondary N) is 1. The van der Waals surface area contributed by atoms with Gasteiger partial charge in [-0.1, -0.05) is 36.5 Å². The summed E-state index contributed by atoms with van der Waals surface area (Å²) in [6, 6.07) is 10.3. The van der Waals surface area contributed by atoms with Crippen molar-refractivity contribution < 1.29 is 18.7 Å². The molecule has 1 aromatic carbocycles. The minimum atomic E-state index is -0.627. The van der Waals surface area contributed by atoms with Crippen molar-refractivity contribution in [2.24, 2.45) is 0 Å². The number of ether oxygens (including phenoxy) is 1. The van der Waals surface area contributed by atoms with Crippen molar-refractivity contribution in [3.05, 3.63) is 67.7 Å². The van der Waals surface area contributed by atoms with Crippen LogP contribution in [-0.2, 0) is 22.4 Å². The molecular weight excluding hydrogens is 519 g/mol. The molecule has 0 unspecified atom stereocenters. The van der Waals surface area contributed by atoms with Crippen LogP contribution >= 0.6 is 34.5 Å². The fourth-order valence-electron chi connectivity index (χ4n) is 3.97. The zero-order chi connectivity index (χ0) is 25.7. The number of nitriles is 1. The molecule has 0 saturated carbocycles. The van der Waals surface area contributed by atoms with Crippen molar-refractivity contribution in [3.63, 3.8) is 0 Å². The molecule has 0 aliphatic heterocycles. The third-order valence-corrected chi connectivity index (χ3v) is 7.58. The van der Waals surface area contributed by atoms with Crippen LogP contribution in [0.15, 0.2) is 40.3 Å². The lowest BCUT2D eigenvalue weighted by Crippen LogP contribution is -2.17. The maximum Gasteiger partial charge on any atom is 0.341 e. The average Bonchev–Trinajstić information content (AvgIpc) is 3.48. The van der Waals surface area contributed by atoms with Gasteiger partial charge >= 0.3 is 5.97 Å². The number of aryl methyl sites for hydroxylation is 1. The molecular formula is C27H24Cl2N2O4S. The van der Waals surface area contributed by atoms with Gasteiger partial charge in [0.2, 0.25) is 0 Å². The summed E-state index contributed by atoms with van der Waals surface area (Å²) in [7, 11) is 0. The zero-order valence-corrected chi connectivity index (χ0v) is 22.0. The van der Waals surface area contributed by atoms with Crippen LogP contribution in [0.5, 0.6) is 0 Å². The van der Waals surface area contributed by atoms with Crippen molar-refractivity contribution >= 4 is 57.5 Å². The summed E-state index contributed by atoms with van der Waals surface area (Å²) in [6.45, 7) is 2.35. The van der Waals surface area contributed by atoms with Gasteiger partial charge in [-0.15, -0.1) is 11.3 Å². The fourth-order valence-corrected chi connectivity index (χ4v) is 5.63. The summed E-state index contributed by atoms with van der Waals surface area (Å²) in [5.74, 6) is -0.306. The highest BCUT2D eigenvalue weighted by molar-refractivity contribution is 7.17.